The summed E-state index contributed by atoms with van der Waals surface area (Å²) < 4.78 is 28.9. The van der Waals surface area contributed by atoms with Crippen LogP contribution in [0.1, 0.15) is 44.0 Å². The van der Waals surface area contributed by atoms with Gasteiger partial charge >= 0.3 is 4.87 Å². The number of benzene rings is 1. The summed E-state index contributed by atoms with van der Waals surface area (Å²) in [6, 6.07) is 5.24. The molecule has 2 aromatic rings. The Morgan fingerprint density at radius 3 is 2.42 bits per heavy atom. The van der Waals surface area contributed by atoms with Crippen molar-refractivity contribution in [2.24, 2.45) is 0 Å². The number of nitrogens with one attached hydrogen (secondary N) is 1. The molecule has 0 unspecified atom stereocenters. The molecule has 1 aromatic carbocycles. The van der Waals surface area contributed by atoms with Gasteiger partial charge in [-0.15, -0.1) is 0 Å². The van der Waals surface area contributed by atoms with E-state index in [2.05, 4.69) is 4.72 Å². The Kier molecular flexibility index (Phi) is 5.77. The third kappa shape index (κ3) is 4.62. The Balaban J connectivity index is 2.18. The van der Waals surface area contributed by atoms with E-state index in [1.807, 2.05) is 26.8 Å². The number of rotatable bonds is 5. The van der Waals surface area contributed by atoms with Crippen molar-refractivity contribution in [1.29, 1.82) is 0 Å². The van der Waals surface area contributed by atoms with E-state index in [0.29, 0.717) is 5.56 Å². The van der Waals surface area contributed by atoms with E-state index in [1.54, 1.807) is 31.4 Å². The Morgan fingerprint density at radius 2 is 1.88 bits per heavy atom. The van der Waals surface area contributed by atoms with Crippen molar-refractivity contribution >= 4 is 27.3 Å². The van der Waals surface area contributed by atoms with Crippen LogP contribution < -0.4 is 9.60 Å². The zero-order valence-corrected chi connectivity index (χ0v) is 17.3. The van der Waals surface area contributed by atoms with Crippen LogP contribution in [0.5, 0.6) is 0 Å². The second-order valence-corrected chi connectivity index (χ2v) is 9.78. The Morgan fingerprint density at radius 1 is 1.23 bits per heavy atom. The van der Waals surface area contributed by atoms with Crippen LogP contribution in [0, 0.1) is 13.8 Å². The van der Waals surface area contributed by atoms with Crippen LogP contribution in [0.3, 0.4) is 0 Å². The van der Waals surface area contributed by atoms with Crippen molar-refractivity contribution in [3.8, 4) is 0 Å². The van der Waals surface area contributed by atoms with Gasteiger partial charge in [0.1, 0.15) is 0 Å². The number of aromatic nitrogens is 1. The molecule has 26 heavy (non-hydrogen) atoms. The predicted molar refractivity (Wildman–Crippen MR) is 103 cm³/mol. The smallest absolute Gasteiger partial charge is 0.303 e. The van der Waals surface area contributed by atoms with E-state index >= 15 is 0 Å². The molecular formula is C18H24N2O4S2. The first-order valence-corrected chi connectivity index (χ1v) is 10.6. The van der Waals surface area contributed by atoms with Crippen LogP contribution in [-0.4, -0.2) is 18.9 Å². The summed E-state index contributed by atoms with van der Waals surface area (Å²) in [4.78, 5) is 23.7. The fourth-order valence-corrected chi connectivity index (χ4v) is 4.55. The molecule has 1 heterocycles. The van der Waals surface area contributed by atoms with Gasteiger partial charge in [0.05, 0.1) is 4.90 Å². The molecule has 8 heteroatoms. The molecule has 6 nitrogen and oxygen atoms in total. The van der Waals surface area contributed by atoms with Crippen LogP contribution in [0.15, 0.2) is 33.3 Å². The van der Waals surface area contributed by atoms with Crippen molar-refractivity contribution in [1.82, 2.24) is 9.29 Å². The molecule has 0 saturated carbocycles. The van der Waals surface area contributed by atoms with Crippen LogP contribution in [0.4, 0.5) is 0 Å². The van der Waals surface area contributed by atoms with Crippen molar-refractivity contribution in [2.45, 2.75) is 57.9 Å². The van der Waals surface area contributed by atoms with E-state index in [-0.39, 0.29) is 28.1 Å². The van der Waals surface area contributed by atoms with Gasteiger partial charge in [0.2, 0.25) is 5.91 Å². The van der Waals surface area contributed by atoms with Crippen molar-refractivity contribution in [3.05, 3.63) is 50.1 Å². The lowest BCUT2D eigenvalue weighted by atomic mass is 9.87. The molecule has 1 N–H and O–H groups in total. The lowest BCUT2D eigenvalue weighted by molar-refractivity contribution is -0.119. The minimum absolute atomic E-state index is 0.0886. The van der Waals surface area contributed by atoms with Crippen molar-refractivity contribution < 1.29 is 13.2 Å². The molecule has 2 rings (SSSR count). The second kappa shape index (κ2) is 7.36. The first-order valence-electron chi connectivity index (χ1n) is 8.23. The summed E-state index contributed by atoms with van der Waals surface area (Å²) >= 11 is 1.06. The summed E-state index contributed by atoms with van der Waals surface area (Å²) in [6.07, 6.45) is -0.0886. The number of nitrogens with zero attached hydrogens (tertiary/aromatic N) is 1. The Labute approximate surface area is 157 Å². The van der Waals surface area contributed by atoms with E-state index < -0.39 is 15.9 Å². The van der Waals surface area contributed by atoms with Gasteiger partial charge in [-0.25, -0.2) is 13.1 Å². The number of hydrogen-bond donors (Lipinski definition) is 1. The molecule has 0 aliphatic heterocycles. The Bertz CT molecular complexity index is 979. The average molecular weight is 397 g/mol. The fraction of sp³-hybridized carbons (Fsp3) is 0.444. The quantitative estimate of drug-likeness (QED) is 0.842. The minimum atomic E-state index is -3.97. The lowest BCUT2D eigenvalue weighted by Gasteiger charge is -2.20. The maximum absolute atomic E-state index is 12.6. The summed E-state index contributed by atoms with van der Waals surface area (Å²) in [7, 11) is -3.97. The highest BCUT2D eigenvalue weighted by atomic mass is 32.2. The van der Waals surface area contributed by atoms with Gasteiger partial charge < -0.3 is 4.57 Å². The molecule has 0 bridgehead atoms. The number of hydrogen-bond acceptors (Lipinski definition) is 5. The van der Waals surface area contributed by atoms with Gasteiger partial charge in [-0.1, -0.05) is 44.2 Å². The van der Waals surface area contributed by atoms with Gasteiger partial charge in [0.15, 0.2) is 0 Å². The SMILES string of the molecule is Cc1ccc(C(C)(C)C)cc1S(=O)(=O)NC(=O)CCn1c(C)csc1=O. The Hall–Kier alpha value is -1.93. The van der Waals surface area contributed by atoms with Crippen LogP contribution in [0.25, 0.3) is 0 Å². The first-order chi connectivity index (χ1) is 11.9. The molecule has 142 valence electrons. The zero-order chi connectivity index (χ0) is 19.7. The van der Waals surface area contributed by atoms with Gasteiger partial charge in [-0.05, 0) is 36.5 Å². The summed E-state index contributed by atoms with van der Waals surface area (Å²) in [5.74, 6) is -0.636. The minimum Gasteiger partial charge on any atom is -0.303 e. The summed E-state index contributed by atoms with van der Waals surface area (Å²) in [5.41, 5.74) is 1.99. The molecule has 0 radical (unpaired) electrons. The molecule has 0 fully saturated rings. The molecular weight excluding hydrogens is 372 g/mol. The molecule has 1 amide bonds. The fourth-order valence-electron chi connectivity index (χ4n) is 2.50. The van der Waals surface area contributed by atoms with Gasteiger partial charge in [-0.2, -0.15) is 0 Å². The number of amides is 1. The van der Waals surface area contributed by atoms with Gasteiger partial charge in [0, 0.05) is 24.0 Å². The predicted octanol–water partition coefficient (Wildman–Crippen LogP) is 2.72. The maximum Gasteiger partial charge on any atom is 0.307 e. The van der Waals surface area contributed by atoms with Gasteiger partial charge in [-0.3, -0.25) is 9.59 Å². The van der Waals surface area contributed by atoms with E-state index in [1.165, 1.54) is 4.57 Å². The van der Waals surface area contributed by atoms with E-state index in [0.717, 1.165) is 22.6 Å². The van der Waals surface area contributed by atoms with Crippen LogP contribution in [0.2, 0.25) is 0 Å². The zero-order valence-electron chi connectivity index (χ0n) is 15.6. The number of sulfonamides is 1. The number of aryl methyl sites for hydroxylation is 2. The molecule has 1 aromatic heterocycles. The standard InChI is InChI=1S/C18H24N2O4S2/c1-12-6-7-14(18(3,4)5)10-15(12)26(23,24)19-16(21)8-9-20-13(2)11-25-17(20)22/h6-7,10-11H,8-9H2,1-5H3,(H,19,21). The monoisotopic (exact) mass is 396 g/mol. The number of carbonyl (C=O) groups excluding carboxylic acids is 1. The third-order valence-corrected chi connectivity index (χ3v) is 6.53. The first kappa shape index (κ1) is 20.4. The maximum atomic E-state index is 12.6. The van der Waals surface area contributed by atoms with Crippen LogP contribution >= 0.6 is 11.3 Å². The van der Waals surface area contributed by atoms with E-state index in [9.17, 15) is 18.0 Å². The van der Waals surface area contributed by atoms with E-state index in [4.69, 9.17) is 0 Å². The number of carbonyl (C=O) groups is 1. The largest absolute Gasteiger partial charge is 0.307 e. The lowest BCUT2D eigenvalue weighted by Crippen LogP contribution is -2.32. The molecule has 0 aliphatic carbocycles. The third-order valence-electron chi connectivity index (χ3n) is 4.13. The summed E-state index contributed by atoms with van der Waals surface area (Å²) in [5, 5.41) is 1.71. The highest BCUT2D eigenvalue weighted by Crippen LogP contribution is 2.26. The highest BCUT2D eigenvalue weighted by Gasteiger charge is 2.23. The van der Waals surface area contributed by atoms with Crippen molar-refractivity contribution in [3.63, 3.8) is 0 Å². The average Bonchev–Trinajstić information content (AvgIpc) is 2.82. The van der Waals surface area contributed by atoms with Crippen molar-refractivity contribution in [2.75, 3.05) is 0 Å². The topological polar surface area (TPSA) is 85.2 Å². The second-order valence-electron chi connectivity index (χ2n) is 7.30. The molecule has 0 saturated heterocycles. The summed E-state index contributed by atoms with van der Waals surface area (Å²) in [6.45, 7) is 9.60. The normalized spacial score (nSPS) is 12.2. The van der Waals surface area contributed by atoms with Crippen LogP contribution in [-0.2, 0) is 26.8 Å². The highest BCUT2D eigenvalue weighted by molar-refractivity contribution is 7.90. The van der Waals surface area contributed by atoms with Gasteiger partial charge in [0.25, 0.3) is 10.0 Å². The molecule has 0 aliphatic rings. The molecule has 0 atom stereocenters. The molecule has 0 spiro atoms. The number of thiazole rings is 1.